The molecule has 3 aromatic carbocycles. The van der Waals surface area contributed by atoms with Gasteiger partial charge in [-0.1, -0.05) is 17.7 Å². The summed E-state index contributed by atoms with van der Waals surface area (Å²) in [4.78, 5) is 24.7. The van der Waals surface area contributed by atoms with Gasteiger partial charge in [-0.25, -0.2) is 4.79 Å². The lowest BCUT2D eigenvalue weighted by molar-refractivity contribution is 0.0733. The summed E-state index contributed by atoms with van der Waals surface area (Å²) < 4.78 is 15.7. The fraction of sp³-hybridized carbons (Fsp3) is 0.130. The Hall–Kier alpha value is -3.80. The number of methoxy groups -OCH3 is 2. The monoisotopic (exact) mass is 391 g/mol. The Balaban J connectivity index is 1.67. The molecule has 0 bridgehead atoms. The van der Waals surface area contributed by atoms with Crippen LogP contribution < -0.4 is 19.5 Å². The molecule has 0 aromatic heterocycles. The SMILES string of the molecule is COc1cc(OC)cc(C(=O)Oc2ccc(NC(=O)c3cccc(C)c3)cc2)c1. The molecule has 148 valence electrons. The first kappa shape index (κ1) is 19.9. The van der Waals surface area contributed by atoms with Crippen molar-refractivity contribution in [2.45, 2.75) is 6.92 Å². The van der Waals surface area contributed by atoms with Gasteiger partial charge < -0.3 is 19.5 Å². The molecule has 6 heteroatoms. The van der Waals surface area contributed by atoms with Crippen LogP contribution in [0.4, 0.5) is 5.69 Å². The van der Waals surface area contributed by atoms with Crippen molar-refractivity contribution in [2.24, 2.45) is 0 Å². The minimum absolute atomic E-state index is 0.207. The zero-order valence-electron chi connectivity index (χ0n) is 16.4. The lowest BCUT2D eigenvalue weighted by atomic mass is 10.1. The van der Waals surface area contributed by atoms with Crippen molar-refractivity contribution in [1.29, 1.82) is 0 Å². The lowest BCUT2D eigenvalue weighted by Gasteiger charge is -2.10. The number of anilines is 1. The Morgan fingerprint density at radius 2 is 1.41 bits per heavy atom. The van der Waals surface area contributed by atoms with Crippen molar-refractivity contribution < 1.29 is 23.8 Å². The van der Waals surface area contributed by atoms with E-state index in [2.05, 4.69) is 5.32 Å². The van der Waals surface area contributed by atoms with Crippen LogP contribution in [0.5, 0.6) is 17.2 Å². The van der Waals surface area contributed by atoms with Gasteiger partial charge in [0.1, 0.15) is 17.2 Å². The van der Waals surface area contributed by atoms with Crippen molar-refractivity contribution in [2.75, 3.05) is 19.5 Å². The van der Waals surface area contributed by atoms with Gasteiger partial charge in [0.05, 0.1) is 19.8 Å². The third-order valence-electron chi connectivity index (χ3n) is 4.19. The molecule has 0 saturated heterocycles. The second-order valence-electron chi connectivity index (χ2n) is 6.34. The van der Waals surface area contributed by atoms with E-state index in [0.29, 0.717) is 34.1 Å². The topological polar surface area (TPSA) is 73.9 Å². The molecule has 0 fully saturated rings. The molecular formula is C23H21NO5. The fourth-order valence-corrected chi connectivity index (χ4v) is 2.69. The minimum Gasteiger partial charge on any atom is -0.497 e. The van der Waals surface area contributed by atoms with Gasteiger partial charge in [-0.05, 0) is 55.5 Å². The number of carbonyl (C=O) groups excluding carboxylic acids is 2. The molecule has 1 amide bonds. The summed E-state index contributed by atoms with van der Waals surface area (Å²) in [5.74, 6) is 0.585. The molecule has 3 aromatic rings. The van der Waals surface area contributed by atoms with Gasteiger partial charge in [-0.15, -0.1) is 0 Å². The Morgan fingerprint density at radius 3 is 2.00 bits per heavy atom. The number of hydrogen-bond donors (Lipinski definition) is 1. The number of aryl methyl sites for hydroxylation is 1. The molecule has 3 rings (SSSR count). The van der Waals surface area contributed by atoms with Gasteiger partial charge in [-0.2, -0.15) is 0 Å². The summed E-state index contributed by atoms with van der Waals surface area (Å²) in [6.45, 7) is 1.93. The van der Waals surface area contributed by atoms with Gasteiger partial charge in [-0.3, -0.25) is 4.79 Å². The van der Waals surface area contributed by atoms with E-state index in [0.717, 1.165) is 5.56 Å². The molecule has 0 radical (unpaired) electrons. The van der Waals surface area contributed by atoms with E-state index in [9.17, 15) is 9.59 Å². The smallest absolute Gasteiger partial charge is 0.343 e. The first-order valence-electron chi connectivity index (χ1n) is 8.92. The molecule has 0 aliphatic carbocycles. The average Bonchev–Trinajstić information content (AvgIpc) is 2.74. The predicted molar refractivity (Wildman–Crippen MR) is 110 cm³/mol. The Morgan fingerprint density at radius 1 is 0.759 bits per heavy atom. The highest BCUT2D eigenvalue weighted by Gasteiger charge is 2.13. The molecule has 0 aliphatic heterocycles. The third kappa shape index (κ3) is 5.13. The number of rotatable bonds is 6. The van der Waals surface area contributed by atoms with Crippen molar-refractivity contribution >= 4 is 17.6 Å². The predicted octanol–water partition coefficient (Wildman–Crippen LogP) is 4.48. The number of ether oxygens (including phenoxy) is 3. The summed E-state index contributed by atoms with van der Waals surface area (Å²) >= 11 is 0. The first-order valence-corrected chi connectivity index (χ1v) is 8.92. The van der Waals surface area contributed by atoms with Gasteiger partial charge in [0.15, 0.2) is 0 Å². The highest BCUT2D eigenvalue weighted by Crippen LogP contribution is 2.24. The number of hydrogen-bond acceptors (Lipinski definition) is 5. The van der Waals surface area contributed by atoms with Crippen LogP contribution in [0.2, 0.25) is 0 Å². The molecule has 0 spiro atoms. The van der Waals surface area contributed by atoms with E-state index >= 15 is 0 Å². The maximum atomic E-state index is 12.4. The summed E-state index contributed by atoms with van der Waals surface area (Å²) in [6.07, 6.45) is 0. The summed E-state index contributed by atoms with van der Waals surface area (Å²) in [7, 11) is 3.02. The summed E-state index contributed by atoms with van der Waals surface area (Å²) in [5.41, 5.74) is 2.49. The zero-order chi connectivity index (χ0) is 20.8. The largest absolute Gasteiger partial charge is 0.497 e. The Bertz CT molecular complexity index is 1010. The van der Waals surface area contributed by atoms with Crippen LogP contribution in [0.3, 0.4) is 0 Å². The molecule has 0 unspecified atom stereocenters. The number of amides is 1. The minimum atomic E-state index is -0.543. The van der Waals surface area contributed by atoms with Crippen LogP contribution in [0, 0.1) is 6.92 Å². The highest BCUT2D eigenvalue weighted by atomic mass is 16.5. The van der Waals surface area contributed by atoms with E-state index in [1.807, 2.05) is 25.1 Å². The molecule has 0 saturated carbocycles. The number of esters is 1. The van der Waals surface area contributed by atoms with Gasteiger partial charge in [0.2, 0.25) is 0 Å². The van der Waals surface area contributed by atoms with E-state index < -0.39 is 5.97 Å². The standard InChI is InChI=1S/C23H21NO5/c1-15-5-4-6-16(11-15)22(25)24-18-7-9-19(10-8-18)29-23(26)17-12-20(27-2)14-21(13-17)28-3/h4-14H,1-3H3,(H,24,25). The molecule has 1 N–H and O–H groups in total. The van der Waals surface area contributed by atoms with Crippen molar-refractivity contribution in [1.82, 2.24) is 0 Å². The van der Waals surface area contributed by atoms with E-state index in [-0.39, 0.29) is 5.91 Å². The highest BCUT2D eigenvalue weighted by molar-refractivity contribution is 6.04. The van der Waals surface area contributed by atoms with Crippen LogP contribution in [0.15, 0.2) is 66.7 Å². The zero-order valence-corrected chi connectivity index (χ0v) is 16.4. The van der Waals surface area contributed by atoms with Crippen LogP contribution >= 0.6 is 0 Å². The van der Waals surface area contributed by atoms with Crippen molar-refractivity contribution in [3.05, 3.63) is 83.4 Å². The van der Waals surface area contributed by atoms with Gasteiger partial charge >= 0.3 is 5.97 Å². The number of carbonyl (C=O) groups is 2. The average molecular weight is 391 g/mol. The Kier molecular flexibility index (Phi) is 6.14. The van der Waals surface area contributed by atoms with E-state index in [1.165, 1.54) is 14.2 Å². The number of nitrogens with one attached hydrogen (secondary N) is 1. The van der Waals surface area contributed by atoms with Crippen LogP contribution in [0.25, 0.3) is 0 Å². The van der Waals surface area contributed by atoms with Crippen molar-refractivity contribution in [3.63, 3.8) is 0 Å². The van der Waals surface area contributed by atoms with Crippen LogP contribution in [0.1, 0.15) is 26.3 Å². The number of benzene rings is 3. The molecule has 6 nitrogen and oxygen atoms in total. The molecule has 0 atom stereocenters. The van der Waals surface area contributed by atoms with Crippen LogP contribution in [-0.4, -0.2) is 26.1 Å². The molecule has 29 heavy (non-hydrogen) atoms. The first-order chi connectivity index (χ1) is 14.0. The molecule has 0 heterocycles. The van der Waals surface area contributed by atoms with Crippen molar-refractivity contribution in [3.8, 4) is 17.2 Å². The van der Waals surface area contributed by atoms with Gasteiger partial charge in [0, 0.05) is 17.3 Å². The quantitative estimate of drug-likeness (QED) is 0.495. The van der Waals surface area contributed by atoms with Gasteiger partial charge in [0.25, 0.3) is 5.91 Å². The Labute approximate surface area is 169 Å². The second kappa shape index (κ2) is 8.93. The second-order valence-corrected chi connectivity index (χ2v) is 6.34. The maximum absolute atomic E-state index is 12.4. The normalized spacial score (nSPS) is 10.2. The molecular weight excluding hydrogens is 370 g/mol. The summed E-state index contributed by atoms with van der Waals surface area (Å²) in [6, 6.07) is 18.7. The lowest BCUT2D eigenvalue weighted by Crippen LogP contribution is -2.12. The van der Waals surface area contributed by atoms with Crippen LogP contribution in [-0.2, 0) is 0 Å². The van der Waals surface area contributed by atoms with E-state index in [1.54, 1.807) is 48.5 Å². The fourth-order valence-electron chi connectivity index (χ4n) is 2.69. The maximum Gasteiger partial charge on any atom is 0.343 e. The summed E-state index contributed by atoms with van der Waals surface area (Å²) in [5, 5.41) is 2.82. The third-order valence-corrected chi connectivity index (χ3v) is 4.19. The van der Waals surface area contributed by atoms with E-state index in [4.69, 9.17) is 14.2 Å². The molecule has 0 aliphatic rings.